The zero-order chi connectivity index (χ0) is 32.1. The predicted octanol–water partition coefficient (Wildman–Crippen LogP) is 6.24. The third-order valence-electron chi connectivity index (χ3n) is 7.67. The Balaban J connectivity index is 1.39. The lowest BCUT2D eigenvalue weighted by Crippen LogP contribution is -2.26. The molecule has 1 unspecified atom stereocenters. The van der Waals surface area contributed by atoms with Gasteiger partial charge in [-0.3, -0.25) is 14.4 Å². The molecule has 7 nitrogen and oxygen atoms in total. The highest BCUT2D eigenvalue weighted by Gasteiger charge is 2.33. The van der Waals surface area contributed by atoms with Gasteiger partial charge < -0.3 is 15.7 Å². The molecule has 3 N–H and O–H groups in total. The fourth-order valence-corrected chi connectivity index (χ4v) is 6.18. The number of nitrogens with one attached hydrogen (secondary N) is 2. The second-order valence-corrected chi connectivity index (χ2v) is 11.9. The van der Waals surface area contributed by atoms with Crippen LogP contribution in [0.4, 0.5) is 18.3 Å². The van der Waals surface area contributed by atoms with Crippen LogP contribution in [0.25, 0.3) is 15.8 Å². The second kappa shape index (κ2) is 13.7. The first-order valence-corrected chi connectivity index (χ1v) is 15.3. The molecule has 1 heterocycles. The van der Waals surface area contributed by atoms with Crippen molar-refractivity contribution in [2.24, 2.45) is 0 Å². The first-order chi connectivity index (χ1) is 21.5. The molecule has 1 aliphatic rings. The molecule has 5 rings (SSSR count). The van der Waals surface area contributed by atoms with Crippen molar-refractivity contribution in [2.45, 2.75) is 50.6 Å². The van der Waals surface area contributed by atoms with E-state index in [2.05, 4.69) is 21.7 Å². The lowest BCUT2D eigenvalue weighted by molar-refractivity contribution is -0.137. The van der Waals surface area contributed by atoms with Crippen LogP contribution in [0.2, 0.25) is 0 Å². The summed E-state index contributed by atoms with van der Waals surface area (Å²) >= 11 is 1.03. The standard InChI is InChI=1S/C33H29BF3N3O4S/c34-26-18-28-27(17-25(26)33(35,36)37)39-32(45-28)40-31(44)24(22-12-10-21(11-13-22)20-4-2-1-3-5-20)16-19-6-8-23(9-7-19)30(43)38-15-14-29(41)42/h4,6-13,17-18,24H,1-3,5,14-16H2,(H,38,43)(H,41,42)(H,39,40,44). The molecule has 230 valence electrons. The van der Waals surface area contributed by atoms with E-state index in [4.69, 9.17) is 13.0 Å². The van der Waals surface area contributed by atoms with Gasteiger partial charge in [-0.1, -0.05) is 59.3 Å². The van der Waals surface area contributed by atoms with Crippen LogP contribution in [0, 0.1) is 0 Å². The summed E-state index contributed by atoms with van der Waals surface area (Å²) in [5.74, 6) is -2.50. The van der Waals surface area contributed by atoms with Gasteiger partial charge >= 0.3 is 12.1 Å². The number of aromatic nitrogens is 1. The molecule has 2 amide bonds. The average molecular weight is 631 g/mol. The van der Waals surface area contributed by atoms with E-state index in [0.717, 1.165) is 53.4 Å². The number of rotatable bonds is 10. The number of hydrogen-bond donors (Lipinski definition) is 3. The van der Waals surface area contributed by atoms with E-state index in [1.165, 1.54) is 18.1 Å². The molecule has 3 aromatic carbocycles. The summed E-state index contributed by atoms with van der Waals surface area (Å²) < 4.78 is 40.5. The number of nitrogens with zero attached hydrogens (tertiary/aromatic N) is 1. The Bertz CT molecular complexity index is 1750. The third-order valence-corrected chi connectivity index (χ3v) is 8.60. The zero-order valence-corrected chi connectivity index (χ0v) is 24.9. The van der Waals surface area contributed by atoms with Gasteiger partial charge in [-0.2, -0.15) is 13.2 Å². The Morgan fingerprint density at radius 2 is 1.76 bits per heavy atom. The quantitative estimate of drug-likeness (QED) is 0.180. The number of amides is 2. The number of anilines is 1. The number of carbonyl (C=O) groups is 3. The summed E-state index contributed by atoms with van der Waals surface area (Å²) in [6.45, 7) is 0.000931. The Kier molecular flexibility index (Phi) is 9.72. The molecule has 0 fully saturated rings. The van der Waals surface area contributed by atoms with E-state index in [9.17, 15) is 27.6 Å². The molecule has 0 saturated carbocycles. The molecule has 0 bridgehead atoms. The van der Waals surface area contributed by atoms with E-state index in [1.807, 2.05) is 24.3 Å². The number of allylic oxidation sites excluding steroid dienone is 2. The number of carboxylic acids is 1. The third kappa shape index (κ3) is 7.99. The summed E-state index contributed by atoms with van der Waals surface area (Å²) in [6.07, 6.45) is 2.02. The van der Waals surface area contributed by atoms with Crippen molar-refractivity contribution in [1.82, 2.24) is 10.3 Å². The Morgan fingerprint density at radius 3 is 2.40 bits per heavy atom. The van der Waals surface area contributed by atoms with Gasteiger partial charge in [0.05, 0.1) is 28.1 Å². The molecule has 2 radical (unpaired) electrons. The predicted molar refractivity (Wildman–Crippen MR) is 169 cm³/mol. The van der Waals surface area contributed by atoms with Crippen LogP contribution in [0.15, 0.2) is 66.7 Å². The first-order valence-electron chi connectivity index (χ1n) is 14.4. The van der Waals surface area contributed by atoms with Gasteiger partial charge in [0.2, 0.25) is 5.91 Å². The minimum atomic E-state index is -4.63. The van der Waals surface area contributed by atoms with Crippen LogP contribution in [0.1, 0.15) is 70.6 Å². The summed E-state index contributed by atoms with van der Waals surface area (Å²) in [6, 6.07) is 16.6. The summed E-state index contributed by atoms with van der Waals surface area (Å²) in [5, 5.41) is 14.3. The average Bonchev–Trinajstić information content (AvgIpc) is 3.40. The largest absolute Gasteiger partial charge is 0.481 e. The maximum absolute atomic E-state index is 13.7. The normalized spacial score (nSPS) is 14.1. The lowest BCUT2D eigenvalue weighted by atomic mass is 9.88. The second-order valence-electron chi connectivity index (χ2n) is 10.9. The highest BCUT2D eigenvalue weighted by molar-refractivity contribution is 7.22. The van der Waals surface area contributed by atoms with Gasteiger partial charge in [0.25, 0.3) is 5.91 Å². The molecule has 1 aliphatic carbocycles. The molecule has 45 heavy (non-hydrogen) atoms. The topological polar surface area (TPSA) is 108 Å². The highest BCUT2D eigenvalue weighted by Crippen LogP contribution is 2.34. The summed E-state index contributed by atoms with van der Waals surface area (Å²) in [5.41, 5.74) is 2.91. The van der Waals surface area contributed by atoms with Crippen molar-refractivity contribution in [1.29, 1.82) is 0 Å². The molecular weight excluding hydrogens is 602 g/mol. The Hall–Kier alpha value is -4.45. The molecule has 0 aliphatic heterocycles. The number of carbonyl (C=O) groups excluding carboxylic acids is 2. The number of hydrogen-bond acceptors (Lipinski definition) is 5. The van der Waals surface area contributed by atoms with Crippen molar-refractivity contribution in [2.75, 3.05) is 11.9 Å². The Labute approximate surface area is 263 Å². The maximum atomic E-state index is 13.7. The zero-order valence-electron chi connectivity index (χ0n) is 24.1. The van der Waals surface area contributed by atoms with Crippen LogP contribution in [-0.2, 0) is 22.2 Å². The van der Waals surface area contributed by atoms with Crippen LogP contribution >= 0.6 is 11.3 Å². The molecular formula is C33H29BF3N3O4S. The van der Waals surface area contributed by atoms with Crippen molar-refractivity contribution < 1.29 is 32.7 Å². The first kappa shape index (κ1) is 32.0. The van der Waals surface area contributed by atoms with Crippen molar-refractivity contribution >= 4 is 63.4 Å². The fourth-order valence-electron chi connectivity index (χ4n) is 5.29. The lowest BCUT2D eigenvalue weighted by Gasteiger charge is -2.18. The smallest absolute Gasteiger partial charge is 0.415 e. The van der Waals surface area contributed by atoms with E-state index in [1.54, 1.807) is 24.3 Å². The van der Waals surface area contributed by atoms with Crippen molar-refractivity contribution in [3.63, 3.8) is 0 Å². The van der Waals surface area contributed by atoms with Crippen LogP contribution in [0.3, 0.4) is 0 Å². The molecule has 1 aromatic heterocycles. The SMILES string of the molecule is [B]c1cc2sc(NC(=O)C(Cc3ccc(C(=O)NCCC(=O)O)cc3)c3ccc(C4=CCCCC4)cc3)nc2cc1C(F)(F)F. The minimum Gasteiger partial charge on any atom is -0.481 e. The molecule has 4 aromatic rings. The molecule has 12 heteroatoms. The van der Waals surface area contributed by atoms with Gasteiger partial charge in [-0.05, 0) is 78.6 Å². The van der Waals surface area contributed by atoms with Gasteiger partial charge in [0.1, 0.15) is 7.85 Å². The van der Waals surface area contributed by atoms with Gasteiger partial charge in [0.15, 0.2) is 5.13 Å². The van der Waals surface area contributed by atoms with E-state index < -0.39 is 40.9 Å². The number of halogens is 3. The van der Waals surface area contributed by atoms with Gasteiger partial charge in [-0.25, -0.2) is 4.98 Å². The summed E-state index contributed by atoms with van der Waals surface area (Å²) in [4.78, 5) is 41.1. The number of carboxylic acid groups (broad SMARTS) is 1. The van der Waals surface area contributed by atoms with Gasteiger partial charge in [0, 0.05) is 12.1 Å². The highest BCUT2D eigenvalue weighted by atomic mass is 32.1. The van der Waals surface area contributed by atoms with E-state index in [0.29, 0.717) is 10.3 Å². The number of alkyl halides is 3. The summed E-state index contributed by atoms with van der Waals surface area (Å²) in [7, 11) is 5.64. The van der Waals surface area contributed by atoms with E-state index >= 15 is 0 Å². The van der Waals surface area contributed by atoms with Gasteiger partial charge in [-0.15, -0.1) is 0 Å². The fraction of sp³-hybridized carbons (Fsp3) is 0.273. The van der Waals surface area contributed by atoms with Crippen molar-refractivity contribution in [3.05, 3.63) is 94.6 Å². The monoisotopic (exact) mass is 631 g/mol. The minimum absolute atomic E-state index is 0.000931. The Morgan fingerprint density at radius 1 is 1.02 bits per heavy atom. The molecule has 0 spiro atoms. The van der Waals surface area contributed by atoms with Crippen molar-refractivity contribution in [3.8, 4) is 0 Å². The van der Waals surface area contributed by atoms with Crippen LogP contribution in [-0.4, -0.2) is 42.3 Å². The van der Waals surface area contributed by atoms with Crippen LogP contribution in [0.5, 0.6) is 0 Å². The maximum Gasteiger partial charge on any atom is 0.415 e. The number of thiazole rings is 1. The van der Waals surface area contributed by atoms with E-state index in [-0.39, 0.29) is 30.0 Å². The number of aliphatic carboxylic acids is 1. The molecule has 0 saturated heterocycles. The van der Waals surface area contributed by atoms with Crippen LogP contribution < -0.4 is 16.1 Å². The molecule has 1 atom stereocenters. The number of fused-ring (bicyclic) bond motifs is 1. The number of benzene rings is 3.